The number of carbonyl (C=O) groups is 1. The molecule has 0 atom stereocenters. The Labute approximate surface area is 84.2 Å². The quantitative estimate of drug-likeness (QED) is 0.396. The first-order chi connectivity index (χ1) is 6.45. The highest BCUT2D eigenvalue weighted by Gasteiger charge is 2.07. The highest BCUT2D eigenvalue weighted by Crippen LogP contribution is 2.00. The predicted molar refractivity (Wildman–Crippen MR) is 51.5 cm³/mol. The van der Waals surface area contributed by atoms with Crippen molar-refractivity contribution in [2.24, 2.45) is 0 Å². The van der Waals surface area contributed by atoms with E-state index in [2.05, 4.69) is 4.74 Å². The molecule has 0 bridgehead atoms. The van der Waals surface area contributed by atoms with Crippen LogP contribution >= 0.6 is 0 Å². The molecule has 1 N–H and O–H groups in total. The Morgan fingerprint density at radius 1 is 1.36 bits per heavy atom. The molecule has 14 heavy (non-hydrogen) atoms. The van der Waals surface area contributed by atoms with E-state index in [9.17, 15) is 13.2 Å². The first kappa shape index (κ1) is 13.4. The number of rotatable bonds is 7. The van der Waals surface area contributed by atoms with Gasteiger partial charge in [0.25, 0.3) is 10.1 Å². The van der Waals surface area contributed by atoms with Gasteiger partial charge in [-0.2, -0.15) is 8.42 Å². The van der Waals surface area contributed by atoms with E-state index in [1.54, 1.807) is 0 Å². The Morgan fingerprint density at radius 3 is 2.50 bits per heavy atom. The molecule has 0 aliphatic heterocycles. The summed E-state index contributed by atoms with van der Waals surface area (Å²) in [5, 5.41) is 0. The maximum atomic E-state index is 10.9. The Hall–Kier alpha value is -0.620. The van der Waals surface area contributed by atoms with Crippen LogP contribution in [0.1, 0.15) is 32.6 Å². The number of ether oxygens (including phenoxy) is 1. The molecule has 0 unspecified atom stereocenters. The van der Waals surface area contributed by atoms with Gasteiger partial charge in [-0.1, -0.05) is 19.8 Å². The lowest BCUT2D eigenvalue weighted by Gasteiger charge is -2.02. The van der Waals surface area contributed by atoms with Gasteiger partial charge < -0.3 is 4.74 Å². The predicted octanol–water partition coefficient (Wildman–Crippen LogP) is 0.998. The van der Waals surface area contributed by atoms with Crippen LogP contribution in [0, 0.1) is 0 Å². The third-order valence-electron chi connectivity index (χ3n) is 1.59. The van der Waals surface area contributed by atoms with Gasteiger partial charge in [0.15, 0.2) is 0 Å². The summed E-state index contributed by atoms with van der Waals surface area (Å²) in [5.41, 5.74) is 0. The molecule has 0 spiro atoms. The summed E-state index contributed by atoms with van der Waals surface area (Å²) in [6.45, 7) is 1.74. The lowest BCUT2D eigenvalue weighted by Crippen LogP contribution is -2.14. The van der Waals surface area contributed by atoms with Crippen molar-refractivity contribution in [1.29, 1.82) is 0 Å². The van der Waals surface area contributed by atoms with Crippen molar-refractivity contribution in [3.05, 3.63) is 0 Å². The summed E-state index contributed by atoms with van der Waals surface area (Å²) < 4.78 is 33.4. The normalized spacial score (nSPS) is 11.3. The van der Waals surface area contributed by atoms with Gasteiger partial charge >= 0.3 is 5.97 Å². The van der Waals surface area contributed by atoms with Gasteiger partial charge in [0.05, 0.1) is 0 Å². The van der Waals surface area contributed by atoms with Gasteiger partial charge in [-0.25, -0.2) is 0 Å². The van der Waals surface area contributed by atoms with Crippen molar-refractivity contribution in [3.8, 4) is 0 Å². The summed E-state index contributed by atoms with van der Waals surface area (Å²) in [6, 6.07) is 0. The molecule has 0 heterocycles. The van der Waals surface area contributed by atoms with Gasteiger partial charge in [0, 0.05) is 6.42 Å². The summed E-state index contributed by atoms with van der Waals surface area (Å²) in [6.07, 6.45) is 3.02. The molecule has 0 aromatic rings. The molecule has 6 heteroatoms. The summed E-state index contributed by atoms with van der Waals surface area (Å²) in [7, 11) is -4.02. The van der Waals surface area contributed by atoms with Crippen LogP contribution < -0.4 is 0 Å². The topological polar surface area (TPSA) is 80.7 Å². The van der Waals surface area contributed by atoms with Gasteiger partial charge in [0.2, 0.25) is 0 Å². The molecular formula is C8H16O5S. The first-order valence-electron chi connectivity index (χ1n) is 4.56. The second-order valence-corrected chi connectivity index (χ2v) is 4.54. The molecule has 0 saturated heterocycles. The standard InChI is InChI=1S/C8H16O5S/c1-2-3-4-5-8(9)13-6-7-14(10,11)12/h2-7H2,1H3,(H,10,11,12). The molecular weight excluding hydrogens is 208 g/mol. The van der Waals surface area contributed by atoms with Crippen LogP contribution in [0.5, 0.6) is 0 Å². The highest BCUT2D eigenvalue weighted by atomic mass is 32.2. The Balaban J connectivity index is 3.45. The Morgan fingerprint density at radius 2 is 2.00 bits per heavy atom. The fourth-order valence-electron chi connectivity index (χ4n) is 0.852. The first-order valence-corrected chi connectivity index (χ1v) is 6.17. The lowest BCUT2D eigenvalue weighted by molar-refractivity contribution is -0.143. The molecule has 0 saturated carbocycles. The van der Waals surface area contributed by atoms with Crippen molar-refractivity contribution in [1.82, 2.24) is 0 Å². The third kappa shape index (κ3) is 9.47. The maximum Gasteiger partial charge on any atom is 0.305 e. The summed E-state index contributed by atoms with van der Waals surface area (Å²) in [5.74, 6) is -0.950. The van der Waals surface area contributed by atoms with Crippen molar-refractivity contribution < 1.29 is 22.5 Å². The molecule has 0 amide bonds. The van der Waals surface area contributed by atoms with Gasteiger partial charge in [-0.3, -0.25) is 9.35 Å². The number of carbonyl (C=O) groups excluding carboxylic acids is 1. The van der Waals surface area contributed by atoms with Crippen LogP contribution in [0.3, 0.4) is 0 Å². The third-order valence-corrected chi connectivity index (χ3v) is 2.27. The Kier molecular flexibility index (Phi) is 6.48. The van der Waals surface area contributed by atoms with E-state index in [4.69, 9.17) is 4.55 Å². The molecule has 0 radical (unpaired) electrons. The second kappa shape index (κ2) is 6.78. The van der Waals surface area contributed by atoms with Gasteiger partial charge in [-0.15, -0.1) is 0 Å². The number of hydrogen-bond donors (Lipinski definition) is 1. The van der Waals surface area contributed by atoms with Crippen LogP contribution in [0.25, 0.3) is 0 Å². The van der Waals surface area contributed by atoms with E-state index < -0.39 is 21.8 Å². The van der Waals surface area contributed by atoms with E-state index in [1.165, 1.54) is 0 Å². The van der Waals surface area contributed by atoms with E-state index >= 15 is 0 Å². The average Bonchev–Trinajstić information content (AvgIpc) is 2.02. The summed E-state index contributed by atoms with van der Waals surface area (Å²) >= 11 is 0. The molecule has 0 aromatic heterocycles. The minimum Gasteiger partial charge on any atom is -0.464 e. The highest BCUT2D eigenvalue weighted by molar-refractivity contribution is 7.85. The van der Waals surface area contributed by atoms with Gasteiger partial charge in [-0.05, 0) is 6.42 Å². The molecule has 0 aliphatic carbocycles. The van der Waals surface area contributed by atoms with Crippen LogP contribution in [-0.4, -0.2) is 31.3 Å². The SMILES string of the molecule is CCCCCC(=O)OCCS(=O)(=O)O. The van der Waals surface area contributed by atoms with Crippen LogP contribution in [-0.2, 0) is 19.6 Å². The smallest absolute Gasteiger partial charge is 0.305 e. The van der Waals surface area contributed by atoms with Gasteiger partial charge in [0.1, 0.15) is 12.4 Å². The largest absolute Gasteiger partial charge is 0.464 e. The molecule has 0 aliphatic rings. The van der Waals surface area contributed by atoms with Crippen LogP contribution in [0.15, 0.2) is 0 Å². The zero-order valence-corrected chi connectivity index (χ0v) is 9.05. The molecule has 0 rings (SSSR count). The Bertz CT molecular complexity index is 257. The van der Waals surface area contributed by atoms with Crippen molar-refractivity contribution >= 4 is 16.1 Å². The van der Waals surface area contributed by atoms with E-state index in [0.717, 1.165) is 19.3 Å². The minimum atomic E-state index is -4.02. The monoisotopic (exact) mass is 224 g/mol. The number of unbranched alkanes of at least 4 members (excludes halogenated alkanes) is 2. The fourth-order valence-corrected chi connectivity index (χ4v) is 1.15. The fraction of sp³-hybridized carbons (Fsp3) is 0.875. The molecule has 0 aromatic carbocycles. The van der Waals surface area contributed by atoms with E-state index in [-0.39, 0.29) is 6.61 Å². The zero-order valence-electron chi connectivity index (χ0n) is 8.23. The molecule has 5 nitrogen and oxygen atoms in total. The zero-order chi connectivity index (χ0) is 11.0. The van der Waals surface area contributed by atoms with E-state index in [1.807, 2.05) is 6.92 Å². The maximum absolute atomic E-state index is 10.9. The van der Waals surface area contributed by atoms with Crippen LogP contribution in [0.2, 0.25) is 0 Å². The summed E-state index contributed by atoms with van der Waals surface area (Å²) in [4.78, 5) is 10.9. The number of esters is 1. The van der Waals surface area contributed by atoms with E-state index in [0.29, 0.717) is 6.42 Å². The lowest BCUT2D eigenvalue weighted by atomic mass is 10.2. The number of hydrogen-bond acceptors (Lipinski definition) is 4. The molecule has 84 valence electrons. The van der Waals surface area contributed by atoms with Crippen molar-refractivity contribution in [2.75, 3.05) is 12.4 Å². The van der Waals surface area contributed by atoms with Crippen molar-refractivity contribution in [3.63, 3.8) is 0 Å². The average molecular weight is 224 g/mol. The second-order valence-electron chi connectivity index (χ2n) is 2.96. The molecule has 0 fully saturated rings. The van der Waals surface area contributed by atoms with Crippen molar-refractivity contribution in [2.45, 2.75) is 32.6 Å². The minimum absolute atomic E-state index is 0.274. The van der Waals surface area contributed by atoms with Crippen LogP contribution in [0.4, 0.5) is 0 Å².